The van der Waals surface area contributed by atoms with Gasteiger partial charge in [0.1, 0.15) is 12.2 Å². The molecule has 2 aliphatic carbocycles. The molecule has 2 bridgehead atoms. The molecule has 4 heteroatoms. The van der Waals surface area contributed by atoms with Crippen molar-refractivity contribution in [3.63, 3.8) is 0 Å². The molecule has 2 saturated carbocycles. The van der Waals surface area contributed by atoms with Gasteiger partial charge in [0.2, 0.25) is 0 Å². The SMILES string of the molecule is C[CH]C(C)(C)C(=O)OC1C2CC3C(=O)OC1C3C2. The van der Waals surface area contributed by atoms with Gasteiger partial charge < -0.3 is 9.47 Å². The Morgan fingerprint density at radius 3 is 2.83 bits per heavy atom. The van der Waals surface area contributed by atoms with Crippen molar-refractivity contribution < 1.29 is 19.1 Å². The zero-order valence-electron chi connectivity index (χ0n) is 11.0. The standard InChI is InChI=1S/C14H19O4/c1-4-14(2,3)13(16)18-10-7-5-8-9(6-7)12(15)17-11(8)10/h4,7-11H,5-6H2,1-3H3. The fourth-order valence-electron chi connectivity index (χ4n) is 3.46. The lowest BCUT2D eigenvalue weighted by Crippen LogP contribution is -2.39. The van der Waals surface area contributed by atoms with Crippen molar-refractivity contribution in [3.8, 4) is 0 Å². The second kappa shape index (κ2) is 3.72. The molecule has 1 heterocycles. The predicted molar refractivity (Wildman–Crippen MR) is 63.2 cm³/mol. The first-order valence-electron chi connectivity index (χ1n) is 6.66. The molecule has 5 atom stereocenters. The number of carbonyl (C=O) groups is 2. The van der Waals surface area contributed by atoms with Gasteiger partial charge in [0, 0.05) is 11.8 Å². The number of rotatable bonds is 3. The summed E-state index contributed by atoms with van der Waals surface area (Å²) in [5, 5.41) is 0. The van der Waals surface area contributed by atoms with E-state index in [0.717, 1.165) is 12.8 Å². The molecule has 1 aliphatic heterocycles. The maximum atomic E-state index is 12.1. The molecule has 3 aliphatic rings. The van der Waals surface area contributed by atoms with Crippen molar-refractivity contribution in [2.75, 3.05) is 0 Å². The summed E-state index contributed by atoms with van der Waals surface area (Å²) in [4.78, 5) is 23.7. The van der Waals surface area contributed by atoms with E-state index in [1.54, 1.807) is 0 Å². The van der Waals surface area contributed by atoms with Gasteiger partial charge in [-0.3, -0.25) is 9.59 Å². The van der Waals surface area contributed by atoms with E-state index >= 15 is 0 Å². The third-order valence-electron chi connectivity index (χ3n) is 4.90. The summed E-state index contributed by atoms with van der Waals surface area (Å²) in [5.74, 6) is 0.359. The Balaban J connectivity index is 1.73. The van der Waals surface area contributed by atoms with Crippen molar-refractivity contribution in [2.45, 2.75) is 45.8 Å². The van der Waals surface area contributed by atoms with Crippen molar-refractivity contribution >= 4 is 11.9 Å². The molecule has 1 saturated heterocycles. The molecule has 99 valence electrons. The third kappa shape index (κ3) is 1.50. The molecular formula is C14H19O4. The number of carbonyl (C=O) groups excluding carboxylic acids is 2. The van der Waals surface area contributed by atoms with Gasteiger partial charge in [-0.1, -0.05) is 6.92 Å². The topological polar surface area (TPSA) is 52.6 Å². The van der Waals surface area contributed by atoms with E-state index in [4.69, 9.17) is 9.47 Å². The average Bonchev–Trinajstić information content (AvgIpc) is 2.93. The largest absolute Gasteiger partial charge is 0.458 e. The van der Waals surface area contributed by atoms with Crippen molar-refractivity contribution in [2.24, 2.45) is 23.2 Å². The minimum absolute atomic E-state index is 0.0701. The van der Waals surface area contributed by atoms with Crippen LogP contribution >= 0.6 is 0 Å². The summed E-state index contributed by atoms with van der Waals surface area (Å²) in [5.41, 5.74) is -0.580. The molecule has 5 unspecified atom stereocenters. The zero-order valence-corrected chi connectivity index (χ0v) is 11.0. The van der Waals surface area contributed by atoms with E-state index in [9.17, 15) is 9.59 Å². The van der Waals surface area contributed by atoms with E-state index in [0.29, 0.717) is 5.92 Å². The molecule has 0 aromatic carbocycles. The van der Waals surface area contributed by atoms with E-state index in [1.165, 1.54) is 0 Å². The molecule has 0 N–H and O–H groups in total. The van der Waals surface area contributed by atoms with Crippen LogP contribution in [-0.2, 0) is 19.1 Å². The summed E-state index contributed by atoms with van der Waals surface area (Å²) >= 11 is 0. The highest BCUT2D eigenvalue weighted by atomic mass is 16.6. The Kier molecular flexibility index (Phi) is 2.48. The Hall–Kier alpha value is -1.06. The smallest absolute Gasteiger partial charge is 0.312 e. The van der Waals surface area contributed by atoms with Crippen LogP contribution in [0.4, 0.5) is 0 Å². The van der Waals surface area contributed by atoms with Gasteiger partial charge in [-0.25, -0.2) is 0 Å². The maximum Gasteiger partial charge on any atom is 0.312 e. The lowest BCUT2D eigenvalue weighted by Gasteiger charge is -2.29. The Bertz CT molecular complexity index is 401. The summed E-state index contributed by atoms with van der Waals surface area (Å²) < 4.78 is 11.0. The van der Waals surface area contributed by atoms with E-state index in [2.05, 4.69) is 0 Å². The molecular weight excluding hydrogens is 232 g/mol. The lowest BCUT2D eigenvalue weighted by atomic mass is 9.87. The highest BCUT2D eigenvalue weighted by molar-refractivity contribution is 5.79. The number of esters is 2. The van der Waals surface area contributed by atoms with Crippen molar-refractivity contribution in [1.29, 1.82) is 0 Å². The number of hydrogen-bond acceptors (Lipinski definition) is 4. The Labute approximate surface area is 107 Å². The first-order chi connectivity index (χ1) is 8.44. The van der Waals surface area contributed by atoms with Gasteiger partial charge in [-0.15, -0.1) is 0 Å². The van der Waals surface area contributed by atoms with Gasteiger partial charge in [-0.2, -0.15) is 0 Å². The Morgan fingerprint density at radius 2 is 2.17 bits per heavy atom. The average molecular weight is 251 g/mol. The van der Waals surface area contributed by atoms with Crippen LogP contribution in [0.5, 0.6) is 0 Å². The van der Waals surface area contributed by atoms with Crippen LogP contribution in [0.2, 0.25) is 0 Å². The van der Waals surface area contributed by atoms with E-state index in [-0.39, 0.29) is 36.0 Å². The molecule has 18 heavy (non-hydrogen) atoms. The second-order valence-electron chi connectivity index (χ2n) is 6.28. The van der Waals surface area contributed by atoms with Crippen LogP contribution in [-0.4, -0.2) is 24.1 Å². The summed E-state index contributed by atoms with van der Waals surface area (Å²) in [7, 11) is 0. The van der Waals surface area contributed by atoms with Crippen LogP contribution in [0.25, 0.3) is 0 Å². The summed E-state index contributed by atoms with van der Waals surface area (Å²) in [6.45, 7) is 5.53. The molecule has 0 aromatic heterocycles. The molecule has 0 spiro atoms. The molecule has 0 amide bonds. The minimum atomic E-state index is -0.580. The van der Waals surface area contributed by atoms with Crippen LogP contribution < -0.4 is 0 Å². The zero-order chi connectivity index (χ0) is 13.1. The fourth-order valence-corrected chi connectivity index (χ4v) is 3.46. The first-order valence-corrected chi connectivity index (χ1v) is 6.66. The monoisotopic (exact) mass is 251 g/mol. The molecule has 3 rings (SSSR count). The van der Waals surface area contributed by atoms with Crippen LogP contribution in [0.3, 0.4) is 0 Å². The van der Waals surface area contributed by atoms with Crippen molar-refractivity contribution in [1.82, 2.24) is 0 Å². The quantitative estimate of drug-likeness (QED) is 0.717. The number of fused-ring (bicyclic) bond motifs is 1. The van der Waals surface area contributed by atoms with Crippen molar-refractivity contribution in [3.05, 3.63) is 6.42 Å². The van der Waals surface area contributed by atoms with Gasteiger partial charge in [0.05, 0.1) is 11.3 Å². The van der Waals surface area contributed by atoms with E-state index < -0.39 is 5.41 Å². The fraction of sp³-hybridized carbons (Fsp3) is 0.786. The normalized spacial score (nSPS) is 41.1. The van der Waals surface area contributed by atoms with Gasteiger partial charge in [-0.05, 0) is 33.1 Å². The lowest BCUT2D eigenvalue weighted by molar-refractivity contribution is -0.168. The van der Waals surface area contributed by atoms with Crippen LogP contribution in [0.1, 0.15) is 33.6 Å². The van der Waals surface area contributed by atoms with Gasteiger partial charge >= 0.3 is 11.9 Å². The molecule has 0 aromatic rings. The minimum Gasteiger partial charge on any atom is -0.458 e. The van der Waals surface area contributed by atoms with Gasteiger partial charge in [0.25, 0.3) is 0 Å². The highest BCUT2D eigenvalue weighted by Crippen LogP contribution is 2.55. The van der Waals surface area contributed by atoms with Gasteiger partial charge in [0.15, 0.2) is 0 Å². The summed E-state index contributed by atoms with van der Waals surface area (Å²) in [6, 6.07) is 0. The second-order valence-corrected chi connectivity index (χ2v) is 6.28. The molecule has 3 fully saturated rings. The maximum absolute atomic E-state index is 12.1. The Morgan fingerprint density at radius 1 is 1.44 bits per heavy atom. The molecule has 4 nitrogen and oxygen atoms in total. The van der Waals surface area contributed by atoms with Crippen LogP contribution in [0, 0.1) is 29.6 Å². The van der Waals surface area contributed by atoms with E-state index in [1.807, 2.05) is 27.2 Å². The number of ether oxygens (including phenoxy) is 2. The third-order valence-corrected chi connectivity index (χ3v) is 4.90. The number of hydrogen-bond donors (Lipinski definition) is 0. The summed E-state index contributed by atoms with van der Waals surface area (Å²) in [6.07, 6.45) is 3.23. The van der Waals surface area contributed by atoms with Crippen LogP contribution in [0.15, 0.2) is 0 Å². The molecule has 1 radical (unpaired) electrons. The first kappa shape index (κ1) is 12.0. The highest BCUT2D eigenvalue weighted by Gasteiger charge is 2.63. The predicted octanol–water partition coefficient (Wildman–Crippen LogP) is 1.73.